The molecule has 0 aromatic heterocycles. The molecule has 3 heteroatoms. The Kier molecular flexibility index (Phi) is 2.49. The Morgan fingerprint density at radius 3 is 2.22 bits per heavy atom. The van der Waals surface area contributed by atoms with Crippen LogP contribution in [-0.2, 0) is 0 Å². The zero-order chi connectivity index (χ0) is 6.69. The van der Waals surface area contributed by atoms with Crippen molar-refractivity contribution in [1.82, 2.24) is 0 Å². The van der Waals surface area contributed by atoms with Crippen molar-refractivity contribution in [3.63, 3.8) is 0 Å². The van der Waals surface area contributed by atoms with Crippen LogP contribution in [0.1, 0.15) is 0 Å². The van der Waals surface area contributed by atoms with Gasteiger partial charge in [0, 0.05) is 0 Å². The van der Waals surface area contributed by atoms with Gasteiger partial charge in [-0.1, -0.05) is 0 Å². The van der Waals surface area contributed by atoms with Crippen molar-refractivity contribution in [3.05, 3.63) is 24.3 Å². The first kappa shape index (κ1) is 7.04. The maximum absolute atomic E-state index is 5.47. The third-order valence-corrected chi connectivity index (χ3v) is 3.62. The van der Waals surface area contributed by atoms with Gasteiger partial charge in [-0.2, -0.15) is 0 Å². The van der Waals surface area contributed by atoms with E-state index in [0.717, 1.165) is 5.69 Å². The van der Waals surface area contributed by atoms with Crippen LogP contribution in [0.5, 0.6) is 0 Å². The van der Waals surface area contributed by atoms with Gasteiger partial charge in [-0.05, 0) is 0 Å². The van der Waals surface area contributed by atoms with Gasteiger partial charge in [-0.3, -0.25) is 0 Å². The summed E-state index contributed by atoms with van der Waals surface area (Å²) in [6, 6.07) is 7.88. The van der Waals surface area contributed by atoms with E-state index in [1.165, 1.54) is 4.35 Å². The summed E-state index contributed by atoms with van der Waals surface area (Å²) in [4.78, 5) is 0. The number of thiol groups is 1. The van der Waals surface area contributed by atoms with Gasteiger partial charge in [0.2, 0.25) is 0 Å². The molecule has 0 spiro atoms. The van der Waals surface area contributed by atoms with Crippen molar-refractivity contribution < 1.29 is 0 Å². The first-order chi connectivity index (χ1) is 4.33. The topological polar surface area (TPSA) is 26.0 Å². The average Bonchev–Trinajstić information content (AvgIpc) is 1.90. The summed E-state index contributed by atoms with van der Waals surface area (Å²) < 4.78 is 1.33. The molecule has 0 heterocycles. The van der Waals surface area contributed by atoms with Crippen LogP contribution in [0.2, 0.25) is 0 Å². The second kappa shape index (κ2) is 3.19. The van der Waals surface area contributed by atoms with Crippen molar-refractivity contribution >= 4 is 35.5 Å². The zero-order valence-electron chi connectivity index (χ0n) is 4.83. The molecule has 0 aliphatic rings. The number of hydrogen-bond donors (Lipinski definition) is 2. The molecule has 0 saturated heterocycles. The third kappa shape index (κ3) is 1.96. The number of benzene rings is 1. The minimum atomic E-state index is -0.179. The summed E-state index contributed by atoms with van der Waals surface area (Å²) in [5, 5.41) is 0. The fourth-order valence-corrected chi connectivity index (χ4v) is 1.99. The molecule has 9 heavy (non-hydrogen) atoms. The van der Waals surface area contributed by atoms with Crippen LogP contribution < -0.4 is 10.1 Å². The monoisotopic (exact) mass is 201 g/mol. The van der Waals surface area contributed by atoms with Gasteiger partial charge >= 0.3 is 65.5 Å². The van der Waals surface area contributed by atoms with Crippen LogP contribution in [0.4, 0.5) is 5.69 Å². The van der Waals surface area contributed by atoms with Crippen LogP contribution in [-0.4, -0.2) is 14.6 Å². The SMILES string of the molecule is Nc1ccc([AsH]S)cc1. The number of nitrogen functional groups attached to an aromatic ring is 1. The molecule has 1 unspecified atom stereocenters. The molecule has 0 saturated carbocycles. The summed E-state index contributed by atoms with van der Waals surface area (Å²) in [5.41, 5.74) is 6.30. The molecule has 0 bridgehead atoms. The second-order valence-electron chi connectivity index (χ2n) is 1.73. The van der Waals surface area contributed by atoms with Gasteiger partial charge < -0.3 is 0 Å². The summed E-state index contributed by atoms with van der Waals surface area (Å²) >= 11 is -0.179. The summed E-state index contributed by atoms with van der Waals surface area (Å²) in [7, 11) is 4.23. The molecule has 1 aromatic carbocycles. The van der Waals surface area contributed by atoms with E-state index in [0.29, 0.717) is 0 Å². The Labute approximate surface area is 65.7 Å². The fraction of sp³-hybridized carbons (Fsp3) is 0. The van der Waals surface area contributed by atoms with E-state index in [9.17, 15) is 0 Å². The molecule has 0 amide bonds. The minimum absolute atomic E-state index is 0.179. The predicted molar refractivity (Wildman–Crippen MR) is 46.6 cm³/mol. The van der Waals surface area contributed by atoms with Gasteiger partial charge in [-0.25, -0.2) is 0 Å². The standard InChI is InChI=1S/C6H8AsNS/c8-6-3-1-5(7-9)2-4-6/h1-4,7,9H,8H2. The van der Waals surface area contributed by atoms with E-state index in [1.54, 1.807) is 0 Å². The fourth-order valence-electron chi connectivity index (χ4n) is 0.558. The van der Waals surface area contributed by atoms with Crippen molar-refractivity contribution in [2.75, 3.05) is 5.73 Å². The number of rotatable bonds is 1. The molecule has 0 fully saturated rings. The molecule has 1 atom stereocenters. The third-order valence-electron chi connectivity index (χ3n) is 1.04. The van der Waals surface area contributed by atoms with E-state index >= 15 is 0 Å². The molecule has 2 N–H and O–H groups in total. The van der Waals surface area contributed by atoms with Crippen molar-refractivity contribution in [2.24, 2.45) is 0 Å². The second-order valence-corrected chi connectivity index (χ2v) is 4.58. The number of anilines is 1. The molecule has 0 radical (unpaired) electrons. The molecule has 1 nitrogen and oxygen atoms in total. The molecule has 1 rings (SSSR count). The molecule has 0 aliphatic heterocycles. The first-order valence-electron chi connectivity index (χ1n) is 2.58. The molecule has 0 aliphatic carbocycles. The van der Waals surface area contributed by atoms with Crippen LogP contribution in [0, 0.1) is 0 Å². The van der Waals surface area contributed by atoms with E-state index in [-0.39, 0.29) is 14.6 Å². The molecular formula is C6H8AsNS. The van der Waals surface area contributed by atoms with E-state index in [4.69, 9.17) is 5.73 Å². The van der Waals surface area contributed by atoms with Gasteiger partial charge in [0.25, 0.3) is 0 Å². The average molecular weight is 201 g/mol. The Hall–Kier alpha value is -0.0716. The summed E-state index contributed by atoms with van der Waals surface area (Å²) in [6.45, 7) is 0. The van der Waals surface area contributed by atoms with E-state index in [1.807, 2.05) is 24.3 Å². The zero-order valence-corrected chi connectivity index (χ0v) is 7.83. The summed E-state index contributed by atoms with van der Waals surface area (Å²) in [5.74, 6) is 0. The molecule has 48 valence electrons. The van der Waals surface area contributed by atoms with Crippen LogP contribution in [0.25, 0.3) is 0 Å². The number of hydrogen-bond acceptors (Lipinski definition) is 2. The normalized spacial score (nSPS) is 10.8. The first-order valence-corrected chi connectivity index (χ1v) is 6.89. The number of nitrogens with two attached hydrogens (primary N) is 1. The Balaban J connectivity index is 2.88. The quantitative estimate of drug-likeness (QED) is 0.378. The van der Waals surface area contributed by atoms with E-state index < -0.39 is 0 Å². The van der Waals surface area contributed by atoms with Crippen molar-refractivity contribution in [3.8, 4) is 0 Å². The maximum atomic E-state index is 5.47. The summed E-state index contributed by atoms with van der Waals surface area (Å²) in [6.07, 6.45) is 0. The van der Waals surface area contributed by atoms with Gasteiger partial charge in [0.05, 0.1) is 0 Å². The van der Waals surface area contributed by atoms with Crippen LogP contribution in [0.3, 0.4) is 0 Å². The molecule has 1 aromatic rings. The van der Waals surface area contributed by atoms with Gasteiger partial charge in [0.1, 0.15) is 0 Å². The van der Waals surface area contributed by atoms with Gasteiger partial charge in [-0.15, -0.1) is 0 Å². The van der Waals surface area contributed by atoms with E-state index in [2.05, 4.69) is 10.9 Å². The molecular weight excluding hydrogens is 193 g/mol. The van der Waals surface area contributed by atoms with Crippen LogP contribution in [0.15, 0.2) is 24.3 Å². The van der Waals surface area contributed by atoms with Crippen molar-refractivity contribution in [2.45, 2.75) is 0 Å². The van der Waals surface area contributed by atoms with Crippen molar-refractivity contribution in [1.29, 1.82) is 0 Å². The van der Waals surface area contributed by atoms with Crippen LogP contribution >= 0.6 is 10.9 Å². The Bertz CT molecular complexity index is 185. The Morgan fingerprint density at radius 2 is 1.78 bits per heavy atom. The Morgan fingerprint density at radius 1 is 1.22 bits per heavy atom. The predicted octanol–water partition coefficient (Wildman–Crippen LogP) is 0.175. The van der Waals surface area contributed by atoms with Gasteiger partial charge in [0.15, 0.2) is 0 Å².